The van der Waals surface area contributed by atoms with E-state index in [1.165, 1.54) is 32.2 Å². The molecule has 5 nitrogen and oxygen atoms in total. The van der Waals surface area contributed by atoms with E-state index in [9.17, 15) is 4.79 Å². The van der Waals surface area contributed by atoms with Crippen molar-refractivity contribution in [3.05, 3.63) is 0 Å². The Morgan fingerprint density at radius 1 is 1.09 bits per heavy atom. The number of nitrogens with one attached hydrogen (secondary N) is 1. The molecule has 2 fully saturated rings. The van der Waals surface area contributed by atoms with Gasteiger partial charge in [-0.1, -0.05) is 26.2 Å². The third-order valence-electron chi connectivity index (χ3n) is 5.09. The maximum atomic E-state index is 12.4. The molecule has 2 atom stereocenters. The zero-order valence-electron chi connectivity index (χ0n) is 15.1. The predicted molar refractivity (Wildman–Crippen MR) is 93.6 cm³/mol. The van der Waals surface area contributed by atoms with Gasteiger partial charge in [-0.25, -0.2) is 0 Å². The van der Waals surface area contributed by atoms with Gasteiger partial charge in [-0.2, -0.15) is 0 Å². The summed E-state index contributed by atoms with van der Waals surface area (Å²) in [6, 6.07) is 0.210. The molecule has 23 heavy (non-hydrogen) atoms. The maximum absolute atomic E-state index is 12.4. The monoisotopic (exact) mass is 325 g/mol. The van der Waals surface area contributed by atoms with E-state index in [1.54, 1.807) is 0 Å². The number of unbranched alkanes of at least 4 members (excludes halogenated alkanes) is 1. The number of hydrogen-bond acceptors (Lipinski definition) is 4. The summed E-state index contributed by atoms with van der Waals surface area (Å²) in [5.74, 6) is 0.170. The Morgan fingerprint density at radius 2 is 1.78 bits per heavy atom. The average Bonchev–Trinajstić information content (AvgIpc) is 2.56. The first-order valence-electron chi connectivity index (χ1n) is 9.58. The van der Waals surface area contributed by atoms with Crippen LogP contribution in [0.25, 0.3) is 0 Å². The summed E-state index contributed by atoms with van der Waals surface area (Å²) in [6.07, 6.45) is 7.30. The molecule has 0 radical (unpaired) electrons. The van der Waals surface area contributed by atoms with E-state index in [2.05, 4.69) is 22.0 Å². The van der Waals surface area contributed by atoms with Gasteiger partial charge < -0.3 is 15.0 Å². The van der Waals surface area contributed by atoms with Crippen molar-refractivity contribution in [3.8, 4) is 0 Å². The Balaban J connectivity index is 1.68. The minimum absolute atomic E-state index is 0.170. The Bertz CT molecular complexity index is 341. The molecular weight excluding hydrogens is 290 g/mol. The molecule has 134 valence electrons. The van der Waals surface area contributed by atoms with Crippen molar-refractivity contribution < 1.29 is 9.53 Å². The molecule has 0 bridgehead atoms. The van der Waals surface area contributed by atoms with Crippen LogP contribution in [0.2, 0.25) is 0 Å². The van der Waals surface area contributed by atoms with Gasteiger partial charge in [-0.15, -0.1) is 0 Å². The lowest BCUT2D eigenvalue weighted by Crippen LogP contribution is -2.52. The van der Waals surface area contributed by atoms with E-state index in [0.29, 0.717) is 6.54 Å². The van der Waals surface area contributed by atoms with Crippen LogP contribution < -0.4 is 5.32 Å². The molecule has 1 amide bonds. The highest BCUT2D eigenvalue weighted by Crippen LogP contribution is 2.21. The summed E-state index contributed by atoms with van der Waals surface area (Å²) in [7, 11) is 0. The highest BCUT2D eigenvalue weighted by atomic mass is 16.5. The Labute approximate surface area is 141 Å². The van der Waals surface area contributed by atoms with Crippen LogP contribution in [0.3, 0.4) is 0 Å². The molecule has 2 rings (SSSR count). The van der Waals surface area contributed by atoms with E-state index in [1.807, 2.05) is 6.92 Å². The summed E-state index contributed by atoms with van der Waals surface area (Å²) >= 11 is 0. The van der Waals surface area contributed by atoms with Crippen LogP contribution in [-0.2, 0) is 9.53 Å². The van der Waals surface area contributed by atoms with Gasteiger partial charge in [0.15, 0.2) is 0 Å². The highest BCUT2D eigenvalue weighted by molar-refractivity contribution is 5.78. The summed E-state index contributed by atoms with van der Waals surface area (Å²) < 4.78 is 5.80. The Morgan fingerprint density at radius 3 is 2.48 bits per heavy atom. The van der Waals surface area contributed by atoms with Crippen molar-refractivity contribution in [1.29, 1.82) is 0 Å². The lowest BCUT2D eigenvalue weighted by atomic mass is 9.92. The van der Waals surface area contributed by atoms with E-state index in [-0.39, 0.29) is 18.1 Å². The van der Waals surface area contributed by atoms with Gasteiger partial charge in [0.2, 0.25) is 5.91 Å². The van der Waals surface area contributed by atoms with Crippen molar-refractivity contribution in [1.82, 2.24) is 15.1 Å². The molecule has 2 unspecified atom stereocenters. The number of hydrogen-bond donors (Lipinski definition) is 1. The smallest absolute Gasteiger partial charge is 0.234 e. The van der Waals surface area contributed by atoms with E-state index < -0.39 is 0 Å². The maximum Gasteiger partial charge on any atom is 0.234 e. The van der Waals surface area contributed by atoms with Crippen LogP contribution >= 0.6 is 0 Å². The quantitative estimate of drug-likeness (QED) is 0.740. The van der Waals surface area contributed by atoms with Gasteiger partial charge >= 0.3 is 0 Å². The number of carbonyl (C=O) groups is 1. The fourth-order valence-corrected chi connectivity index (χ4v) is 3.68. The zero-order chi connectivity index (χ0) is 16.5. The molecule has 0 aromatic carbocycles. The van der Waals surface area contributed by atoms with Crippen molar-refractivity contribution in [3.63, 3.8) is 0 Å². The van der Waals surface area contributed by atoms with E-state index in [0.717, 1.165) is 45.6 Å². The number of carbonyl (C=O) groups excluding carboxylic acids is 1. The standard InChI is InChI=1S/C18H35N3O2/c1-3-5-10-20-11-13-21(14-12-20)15-18(22)19-16-8-6-7-9-17(16)23-4-2/h16-17H,3-15H2,1-2H3,(H,19,22). The average molecular weight is 325 g/mol. The van der Waals surface area contributed by atoms with Crippen LogP contribution in [0.1, 0.15) is 52.4 Å². The topological polar surface area (TPSA) is 44.8 Å². The molecule has 1 saturated carbocycles. The summed E-state index contributed by atoms with van der Waals surface area (Å²) in [5.41, 5.74) is 0. The van der Waals surface area contributed by atoms with Gasteiger partial charge in [0.1, 0.15) is 0 Å². The summed E-state index contributed by atoms with van der Waals surface area (Å²) in [4.78, 5) is 17.2. The van der Waals surface area contributed by atoms with Crippen LogP contribution in [0.15, 0.2) is 0 Å². The molecule has 0 spiro atoms. The molecule has 1 heterocycles. The molecule has 0 aromatic rings. The second kappa shape index (κ2) is 10.3. The molecule has 0 aromatic heterocycles. The summed E-state index contributed by atoms with van der Waals surface area (Å²) in [5, 5.41) is 3.23. The predicted octanol–water partition coefficient (Wildman–Crippen LogP) is 1.87. The number of rotatable bonds is 8. The first kappa shape index (κ1) is 18.7. The second-order valence-electron chi connectivity index (χ2n) is 6.92. The van der Waals surface area contributed by atoms with Crippen molar-refractivity contribution >= 4 is 5.91 Å². The van der Waals surface area contributed by atoms with E-state index in [4.69, 9.17) is 4.74 Å². The summed E-state index contributed by atoms with van der Waals surface area (Å²) in [6.45, 7) is 11.0. The molecule has 1 saturated heterocycles. The SMILES string of the molecule is CCCCN1CCN(CC(=O)NC2CCCCC2OCC)CC1. The van der Waals surface area contributed by atoms with Crippen molar-refractivity contribution in [2.75, 3.05) is 45.9 Å². The molecular formula is C18H35N3O2. The van der Waals surface area contributed by atoms with Crippen LogP contribution in [0.5, 0.6) is 0 Å². The zero-order valence-corrected chi connectivity index (χ0v) is 15.1. The molecule has 1 N–H and O–H groups in total. The number of piperazine rings is 1. The first-order valence-corrected chi connectivity index (χ1v) is 9.58. The minimum Gasteiger partial charge on any atom is -0.376 e. The fourth-order valence-electron chi connectivity index (χ4n) is 3.68. The molecule has 1 aliphatic carbocycles. The van der Waals surface area contributed by atoms with Crippen molar-refractivity contribution in [2.45, 2.75) is 64.5 Å². The van der Waals surface area contributed by atoms with Gasteiger partial charge in [-0.05, 0) is 32.7 Å². The lowest BCUT2D eigenvalue weighted by molar-refractivity contribution is -0.125. The third-order valence-corrected chi connectivity index (χ3v) is 5.09. The van der Waals surface area contributed by atoms with Crippen LogP contribution in [0.4, 0.5) is 0 Å². The normalized spacial score (nSPS) is 27.0. The van der Waals surface area contributed by atoms with Crippen LogP contribution in [0, 0.1) is 0 Å². The molecule has 1 aliphatic heterocycles. The Hall–Kier alpha value is -0.650. The van der Waals surface area contributed by atoms with Gasteiger partial charge in [0.05, 0.1) is 18.7 Å². The lowest BCUT2D eigenvalue weighted by Gasteiger charge is -2.35. The number of nitrogens with zero attached hydrogens (tertiary/aromatic N) is 2. The fraction of sp³-hybridized carbons (Fsp3) is 0.944. The number of amides is 1. The first-order chi connectivity index (χ1) is 11.2. The Kier molecular flexibility index (Phi) is 8.34. The molecule has 2 aliphatic rings. The largest absolute Gasteiger partial charge is 0.376 e. The second-order valence-corrected chi connectivity index (χ2v) is 6.92. The molecule has 5 heteroatoms. The number of ether oxygens (including phenoxy) is 1. The third kappa shape index (κ3) is 6.40. The van der Waals surface area contributed by atoms with Crippen LogP contribution in [-0.4, -0.2) is 73.7 Å². The highest BCUT2D eigenvalue weighted by Gasteiger charge is 2.27. The van der Waals surface area contributed by atoms with Gasteiger partial charge in [0, 0.05) is 32.8 Å². The van der Waals surface area contributed by atoms with Crippen molar-refractivity contribution in [2.24, 2.45) is 0 Å². The van der Waals surface area contributed by atoms with E-state index >= 15 is 0 Å². The van der Waals surface area contributed by atoms with Gasteiger partial charge in [0.25, 0.3) is 0 Å². The minimum atomic E-state index is 0.170. The van der Waals surface area contributed by atoms with Gasteiger partial charge in [-0.3, -0.25) is 9.69 Å².